The molecule has 0 aliphatic carbocycles. The fourth-order valence-corrected chi connectivity index (χ4v) is 1.41. The van der Waals surface area contributed by atoms with Crippen LogP contribution in [0.15, 0.2) is 33.9 Å². The van der Waals surface area contributed by atoms with Crippen molar-refractivity contribution in [2.75, 3.05) is 14.2 Å². The monoisotopic (exact) mass is 315 g/mol. The van der Waals surface area contributed by atoms with E-state index in [1.54, 1.807) is 12.1 Å². The van der Waals surface area contributed by atoms with Crippen molar-refractivity contribution in [1.29, 1.82) is 0 Å². The minimum absolute atomic E-state index is 0.159. The smallest absolute Gasteiger partial charge is 0.360 e. The van der Waals surface area contributed by atoms with Gasteiger partial charge in [-0.25, -0.2) is 9.78 Å². The Kier molecular flexibility index (Phi) is 6.38. The largest absolute Gasteiger partial charge is 0.464 e. The van der Waals surface area contributed by atoms with Crippen molar-refractivity contribution >= 4 is 21.9 Å². The van der Waals surface area contributed by atoms with Crippen molar-refractivity contribution in [2.24, 2.45) is 0 Å². The zero-order valence-corrected chi connectivity index (χ0v) is 11.7. The van der Waals surface area contributed by atoms with Gasteiger partial charge in [0.1, 0.15) is 6.26 Å². The summed E-state index contributed by atoms with van der Waals surface area (Å²) in [5.74, 6) is -0.0912. The number of nitrogens with zero attached hydrogens (tertiary/aromatic N) is 1. The van der Waals surface area contributed by atoms with Gasteiger partial charge in [0.25, 0.3) is 0 Å². The summed E-state index contributed by atoms with van der Waals surface area (Å²) in [5.41, 5.74) is 0.159. The van der Waals surface area contributed by atoms with Gasteiger partial charge in [0.15, 0.2) is 11.6 Å². The van der Waals surface area contributed by atoms with E-state index < -0.39 is 5.97 Å². The van der Waals surface area contributed by atoms with Gasteiger partial charge in [0.05, 0.1) is 19.6 Å². The van der Waals surface area contributed by atoms with Gasteiger partial charge in [-0.1, -0.05) is 34.2 Å². The number of oxazole rings is 1. The van der Waals surface area contributed by atoms with E-state index in [1.807, 2.05) is 18.2 Å². The zero-order valence-electron chi connectivity index (χ0n) is 10.1. The first-order chi connectivity index (χ1) is 8.71. The van der Waals surface area contributed by atoms with Gasteiger partial charge in [0.2, 0.25) is 0 Å². The molecule has 0 N–H and O–H groups in total. The molecule has 0 aliphatic heterocycles. The normalized spacial score (nSPS) is 13.3. The number of halogens is 1. The van der Waals surface area contributed by atoms with E-state index in [0.717, 1.165) is 0 Å². The first-order valence-electron chi connectivity index (χ1n) is 5.20. The molecular formula is C12H14BrNO4. The third-order valence-corrected chi connectivity index (χ3v) is 2.44. The van der Waals surface area contributed by atoms with Crippen LogP contribution in [0.4, 0.5) is 0 Å². The number of hydrogen-bond acceptors (Lipinski definition) is 5. The molecule has 0 fully saturated rings. The highest BCUT2D eigenvalue weighted by atomic mass is 79.9. The molecule has 1 aromatic rings. The number of aromatic nitrogens is 1. The average Bonchev–Trinajstić information content (AvgIpc) is 2.85. The van der Waals surface area contributed by atoms with Crippen LogP contribution in [-0.4, -0.2) is 31.3 Å². The van der Waals surface area contributed by atoms with Gasteiger partial charge in [-0.2, -0.15) is 0 Å². The van der Waals surface area contributed by atoms with Crippen LogP contribution >= 0.6 is 15.9 Å². The lowest BCUT2D eigenvalue weighted by molar-refractivity contribution is 0.0594. The van der Waals surface area contributed by atoms with Crippen LogP contribution in [0.2, 0.25) is 0 Å². The summed E-state index contributed by atoms with van der Waals surface area (Å²) in [6.45, 7) is 0. The van der Waals surface area contributed by atoms with Gasteiger partial charge in [-0.15, -0.1) is 0 Å². The Labute approximate surface area is 114 Å². The molecule has 0 amide bonds. The first kappa shape index (κ1) is 14.7. The third-order valence-electron chi connectivity index (χ3n) is 2.13. The molecule has 0 saturated heterocycles. The quantitative estimate of drug-likeness (QED) is 0.596. The SMILES string of the molecule is COC(=O)c1coc(C[C@H](/C=C/C=C\Br)OC)n1. The number of allylic oxidation sites excluding steroid dienone is 2. The Balaban J connectivity index is 2.64. The Hall–Kier alpha value is -1.40. The van der Waals surface area contributed by atoms with Crippen molar-refractivity contribution in [2.45, 2.75) is 12.5 Å². The number of methoxy groups -OCH3 is 2. The minimum Gasteiger partial charge on any atom is -0.464 e. The summed E-state index contributed by atoms with van der Waals surface area (Å²) in [7, 11) is 2.89. The molecule has 1 atom stereocenters. The predicted molar refractivity (Wildman–Crippen MR) is 69.6 cm³/mol. The molecule has 98 valence electrons. The molecule has 0 radical (unpaired) electrons. The maximum atomic E-state index is 11.2. The molecule has 0 saturated carbocycles. The highest BCUT2D eigenvalue weighted by molar-refractivity contribution is 9.11. The Morgan fingerprint density at radius 1 is 1.56 bits per heavy atom. The van der Waals surface area contributed by atoms with Crippen LogP contribution in [0.25, 0.3) is 0 Å². The lowest BCUT2D eigenvalue weighted by Gasteiger charge is -2.06. The summed E-state index contributed by atoms with van der Waals surface area (Å²) in [6.07, 6.45) is 7.07. The van der Waals surface area contributed by atoms with Crippen molar-refractivity contribution < 1.29 is 18.7 Å². The summed E-state index contributed by atoms with van der Waals surface area (Å²) < 4.78 is 15.0. The number of hydrogen-bond donors (Lipinski definition) is 0. The van der Waals surface area contributed by atoms with E-state index in [9.17, 15) is 4.79 Å². The molecule has 6 heteroatoms. The molecule has 1 rings (SSSR count). The van der Waals surface area contributed by atoms with E-state index in [2.05, 4.69) is 25.7 Å². The van der Waals surface area contributed by atoms with Crippen molar-refractivity contribution in [3.05, 3.63) is 41.1 Å². The second-order valence-electron chi connectivity index (χ2n) is 3.30. The molecule has 1 heterocycles. The number of ether oxygens (including phenoxy) is 2. The summed E-state index contributed by atoms with van der Waals surface area (Å²) in [4.78, 5) is 16.9. The van der Waals surface area contributed by atoms with Gasteiger partial charge in [0, 0.05) is 7.11 Å². The number of rotatable bonds is 6. The van der Waals surface area contributed by atoms with Crippen LogP contribution in [0.5, 0.6) is 0 Å². The topological polar surface area (TPSA) is 61.6 Å². The maximum Gasteiger partial charge on any atom is 0.360 e. The molecule has 5 nitrogen and oxygen atoms in total. The Morgan fingerprint density at radius 3 is 2.94 bits per heavy atom. The minimum atomic E-state index is -0.517. The van der Waals surface area contributed by atoms with E-state index in [-0.39, 0.29) is 11.8 Å². The van der Waals surface area contributed by atoms with Crippen LogP contribution in [0, 0.1) is 0 Å². The molecule has 0 aromatic carbocycles. The van der Waals surface area contributed by atoms with Gasteiger partial charge < -0.3 is 13.9 Å². The van der Waals surface area contributed by atoms with E-state index >= 15 is 0 Å². The van der Waals surface area contributed by atoms with E-state index in [0.29, 0.717) is 12.3 Å². The Bertz CT molecular complexity index is 439. The van der Waals surface area contributed by atoms with Gasteiger partial charge in [-0.3, -0.25) is 0 Å². The molecular weight excluding hydrogens is 302 g/mol. The summed E-state index contributed by atoms with van der Waals surface area (Å²) >= 11 is 3.16. The molecule has 0 aliphatic rings. The highest BCUT2D eigenvalue weighted by Gasteiger charge is 2.14. The maximum absolute atomic E-state index is 11.2. The molecule has 1 aromatic heterocycles. The third kappa shape index (κ3) is 4.46. The second kappa shape index (κ2) is 7.84. The van der Waals surface area contributed by atoms with Gasteiger partial charge in [-0.05, 0) is 4.99 Å². The lowest BCUT2D eigenvalue weighted by atomic mass is 10.2. The standard InChI is InChI=1S/C12H14BrNO4/c1-16-9(5-3-4-6-13)7-11-14-10(8-18-11)12(15)17-2/h3-6,8-9H,7H2,1-2H3/b5-3+,6-4-/t9-/m0/s1. The lowest BCUT2D eigenvalue weighted by Crippen LogP contribution is -2.11. The van der Waals surface area contributed by atoms with Crippen LogP contribution < -0.4 is 0 Å². The predicted octanol–water partition coefficient (Wildman–Crippen LogP) is 2.48. The van der Waals surface area contributed by atoms with E-state index in [1.165, 1.54) is 13.4 Å². The summed E-state index contributed by atoms with van der Waals surface area (Å²) in [6, 6.07) is 0. The number of carbonyl (C=O) groups excluding carboxylic acids is 1. The van der Waals surface area contributed by atoms with Crippen LogP contribution in [0.3, 0.4) is 0 Å². The number of carbonyl (C=O) groups is 1. The van der Waals surface area contributed by atoms with E-state index in [4.69, 9.17) is 9.15 Å². The molecule has 0 bridgehead atoms. The van der Waals surface area contributed by atoms with Gasteiger partial charge >= 0.3 is 5.97 Å². The van der Waals surface area contributed by atoms with Crippen molar-refractivity contribution in [1.82, 2.24) is 4.98 Å². The second-order valence-corrected chi connectivity index (χ2v) is 3.83. The first-order valence-corrected chi connectivity index (χ1v) is 6.12. The highest BCUT2D eigenvalue weighted by Crippen LogP contribution is 2.08. The molecule has 0 unspecified atom stereocenters. The molecule has 18 heavy (non-hydrogen) atoms. The zero-order chi connectivity index (χ0) is 13.4. The molecule has 0 spiro atoms. The van der Waals surface area contributed by atoms with Crippen LogP contribution in [0.1, 0.15) is 16.4 Å². The Morgan fingerprint density at radius 2 is 2.33 bits per heavy atom. The average molecular weight is 316 g/mol. The van der Waals surface area contributed by atoms with Crippen LogP contribution in [-0.2, 0) is 15.9 Å². The van der Waals surface area contributed by atoms with Crippen molar-refractivity contribution in [3.63, 3.8) is 0 Å². The number of esters is 1. The fourth-order valence-electron chi connectivity index (χ4n) is 1.24. The fraction of sp³-hybridized carbons (Fsp3) is 0.333. The summed E-state index contributed by atoms with van der Waals surface area (Å²) in [5, 5.41) is 0. The van der Waals surface area contributed by atoms with Crippen molar-refractivity contribution in [3.8, 4) is 0 Å².